The van der Waals surface area contributed by atoms with Gasteiger partial charge in [0.15, 0.2) is 0 Å². The van der Waals surface area contributed by atoms with Crippen molar-refractivity contribution in [3.05, 3.63) is 23.8 Å². The van der Waals surface area contributed by atoms with Crippen molar-refractivity contribution < 1.29 is 37.4 Å². The van der Waals surface area contributed by atoms with E-state index in [4.69, 9.17) is 4.74 Å². The molecule has 3 N–H and O–H groups in total. The van der Waals surface area contributed by atoms with E-state index in [1.807, 2.05) is 20.8 Å². The van der Waals surface area contributed by atoms with Gasteiger partial charge in [0, 0.05) is 43.2 Å². The molecule has 3 atom stereocenters. The molecule has 37 heavy (non-hydrogen) atoms. The van der Waals surface area contributed by atoms with Crippen LogP contribution < -0.4 is 15.4 Å². The fourth-order valence-corrected chi connectivity index (χ4v) is 3.91. The van der Waals surface area contributed by atoms with Crippen LogP contribution in [0.15, 0.2) is 18.2 Å². The SMILES string of the molecule is CC(C)NC(=O)N(C)C[C@@H]1Oc2ccc(NC(=O)CCC(F)(F)F)cc2CC(=O)N([C@H](C)CO)C[C@@H]1C. The molecular weight excluding hydrogens is 493 g/mol. The number of likely N-dealkylation sites (N-methyl/N-ethyl adjacent to an activating group) is 1. The number of hydrogen-bond acceptors (Lipinski definition) is 5. The number of benzene rings is 1. The third kappa shape index (κ3) is 9.42. The Bertz CT molecular complexity index is 957. The first kappa shape index (κ1) is 30.2. The van der Waals surface area contributed by atoms with Gasteiger partial charge in [-0.1, -0.05) is 6.92 Å². The maximum atomic E-state index is 13.2. The minimum atomic E-state index is -4.44. The molecule has 0 spiro atoms. The highest BCUT2D eigenvalue weighted by Crippen LogP contribution is 2.29. The van der Waals surface area contributed by atoms with Crippen molar-refractivity contribution in [3.63, 3.8) is 0 Å². The molecule has 0 aliphatic carbocycles. The average Bonchev–Trinajstić information content (AvgIpc) is 2.84. The Morgan fingerprint density at radius 2 is 1.95 bits per heavy atom. The Balaban J connectivity index is 2.34. The van der Waals surface area contributed by atoms with Crippen LogP contribution >= 0.6 is 0 Å². The highest BCUT2D eigenvalue weighted by molar-refractivity contribution is 5.91. The van der Waals surface area contributed by atoms with Crippen LogP contribution in [-0.4, -0.2) is 83.9 Å². The Morgan fingerprint density at radius 1 is 1.27 bits per heavy atom. The van der Waals surface area contributed by atoms with Gasteiger partial charge in [0.05, 0.1) is 32.0 Å². The van der Waals surface area contributed by atoms with Gasteiger partial charge < -0.3 is 30.3 Å². The Morgan fingerprint density at radius 3 is 2.54 bits per heavy atom. The summed E-state index contributed by atoms with van der Waals surface area (Å²) in [7, 11) is 1.64. The van der Waals surface area contributed by atoms with Crippen molar-refractivity contribution >= 4 is 23.5 Å². The van der Waals surface area contributed by atoms with Gasteiger partial charge in [0.25, 0.3) is 0 Å². The zero-order valence-electron chi connectivity index (χ0n) is 21.9. The van der Waals surface area contributed by atoms with E-state index in [0.29, 0.717) is 11.3 Å². The molecule has 1 aromatic carbocycles. The number of anilines is 1. The summed E-state index contributed by atoms with van der Waals surface area (Å²) in [5.74, 6) is -0.924. The molecule has 12 heteroatoms. The van der Waals surface area contributed by atoms with Crippen molar-refractivity contribution in [2.24, 2.45) is 5.92 Å². The molecule has 0 bridgehead atoms. The summed E-state index contributed by atoms with van der Waals surface area (Å²) in [5, 5.41) is 15.0. The van der Waals surface area contributed by atoms with Crippen LogP contribution in [0.2, 0.25) is 0 Å². The number of aliphatic hydroxyl groups is 1. The maximum absolute atomic E-state index is 13.2. The largest absolute Gasteiger partial charge is 0.488 e. The van der Waals surface area contributed by atoms with Crippen molar-refractivity contribution in [3.8, 4) is 5.75 Å². The summed E-state index contributed by atoms with van der Waals surface area (Å²) in [5.41, 5.74) is 0.670. The number of fused-ring (bicyclic) bond motifs is 1. The van der Waals surface area contributed by atoms with Crippen LogP contribution in [0, 0.1) is 5.92 Å². The first-order chi connectivity index (χ1) is 17.2. The molecule has 0 unspecified atom stereocenters. The molecule has 208 valence electrons. The van der Waals surface area contributed by atoms with Gasteiger partial charge in [0.2, 0.25) is 11.8 Å². The number of amides is 4. The van der Waals surface area contributed by atoms with Gasteiger partial charge in [-0.25, -0.2) is 4.79 Å². The Labute approximate surface area is 215 Å². The Hall–Kier alpha value is -3.02. The quantitative estimate of drug-likeness (QED) is 0.478. The predicted molar refractivity (Wildman–Crippen MR) is 132 cm³/mol. The van der Waals surface area contributed by atoms with Crippen LogP contribution in [0.3, 0.4) is 0 Å². The summed E-state index contributed by atoms with van der Waals surface area (Å²) in [6.45, 7) is 7.55. The lowest BCUT2D eigenvalue weighted by atomic mass is 10.0. The van der Waals surface area contributed by atoms with Gasteiger partial charge in [-0.3, -0.25) is 9.59 Å². The number of aliphatic hydroxyl groups excluding tert-OH is 1. The van der Waals surface area contributed by atoms with Gasteiger partial charge in [-0.15, -0.1) is 0 Å². The molecule has 1 aromatic rings. The molecule has 0 fully saturated rings. The van der Waals surface area contributed by atoms with E-state index in [-0.39, 0.29) is 55.7 Å². The average molecular weight is 531 g/mol. The van der Waals surface area contributed by atoms with Gasteiger partial charge in [-0.05, 0) is 39.0 Å². The molecule has 2 rings (SSSR count). The van der Waals surface area contributed by atoms with E-state index in [1.54, 1.807) is 24.9 Å². The maximum Gasteiger partial charge on any atom is 0.389 e. The fraction of sp³-hybridized carbons (Fsp3) is 0.640. The number of nitrogens with one attached hydrogen (secondary N) is 2. The zero-order valence-corrected chi connectivity index (χ0v) is 21.9. The number of urea groups is 1. The van der Waals surface area contributed by atoms with Crippen molar-refractivity contribution in [1.82, 2.24) is 15.1 Å². The molecule has 0 radical (unpaired) electrons. The molecule has 0 saturated carbocycles. The lowest BCUT2D eigenvalue weighted by Gasteiger charge is -2.34. The molecule has 0 aromatic heterocycles. The number of rotatable bonds is 8. The van der Waals surface area contributed by atoms with E-state index >= 15 is 0 Å². The second-order valence-corrected chi connectivity index (χ2v) is 9.86. The van der Waals surface area contributed by atoms with Gasteiger partial charge in [-0.2, -0.15) is 13.2 Å². The van der Waals surface area contributed by atoms with Crippen LogP contribution in [0.25, 0.3) is 0 Å². The van der Waals surface area contributed by atoms with Crippen molar-refractivity contribution in [2.75, 3.05) is 32.1 Å². The van der Waals surface area contributed by atoms with Crippen molar-refractivity contribution in [1.29, 1.82) is 0 Å². The number of alkyl halides is 3. The van der Waals surface area contributed by atoms with Crippen molar-refractivity contribution in [2.45, 2.75) is 71.3 Å². The van der Waals surface area contributed by atoms with Gasteiger partial charge >= 0.3 is 12.2 Å². The number of hydrogen-bond donors (Lipinski definition) is 3. The summed E-state index contributed by atoms with van der Waals surface area (Å²) >= 11 is 0. The van der Waals surface area contributed by atoms with Crippen LogP contribution in [-0.2, 0) is 16.0 Å². The van der Waals surface area contributed by atoms with Gasteiger partial charge in [0.1, 0.15) is 11.9 Å². The third-order valence-electron chi connectivity index (χ3n) is 6.05. The molecule has 0 saturated heterocycles. The lowest BCUT2D eigenvalue weighted by molar-refractivity contribution is -0.142. The van der Waals surface area contributed by atoms with E-state index in [1.165, 1.54) is 17.0 Å². The molecule has 4 amide bonds. The van der Waals surface area contributed by atoms with Crippen LogP contribution in [0.5, 0.6) is 5.75 Å². The second kappa shape index (κ2) is 13.0. The third-order valence-corrected chi connectivity index (χ3v) is 6.05. The smallest absolute Gasteiger partial charge is 0.389 e. The Kier molecular flexibility index (Phi) is 10.6. The topological polar surface area (TPSA) is 111 Å². The van der Waals surface area contributed by atoms with E-state index in [9.17, 15) is 32.7 Å². The molecular formula is C25H37F3N4O5. The lowest BCUT2D eigenvalue weighted by Crippen LogP contribution is -2.49. The number of nitrogens with zero attached hydrogens (tertiary/aromatic N) is 2. The minimum absolute atomic E-state index is 0.0576. The normalized spacial score (nSPS) is 19.2. The highest BCUT2D eigenvalue weighted by Gasteiger charge is 2.32. The predicted octanol–water partition coefficient (Wildman–Crippen LogP) is 3.17. The number of carbonyl (C=O) groups excluding carboxylic acids is 3. The summed E-state index contributed by atoms with van der Waals surface area (Å²) < 4.78 is 43.7. The molecule has 1 aliphatic heterocycles. The molecule has 9 nitrogen and oxygen atoms in total. The summed E-state index contributed by atoms with van der Waals surface area (Å²) in [6, 6.07) is 3.75. The van der Waals surface area contributed by atoms with Crippen LogP contribution in [0.4, 0.5) is 23.7 Å². The monoisotopic (exact) mass is 530 g/mol. The van der Waals surface area contributed by atoms with E-state index in [2.05, 4.69) is 10.6 Å². The highest BCUT2D eigenvalue weighted by atomic mass is 19.4. The first-order valence-electron chi connectivity index (χ1n) is 12.3. The zero-order chi connectivity index (χ0) is 27.9. The number of carbonyl (C=O) groups is 3. The first-order valence-corrected chi connectivity index (χ1v) is 12.3. The number of ether oxygens (including phenoxy) is 1. The fourth-order valence-electron chi connectivity index (χ4n) is 3.91. The minimum Gasteiger partial charge on any atom is -0.488 e. The van der Waals surface area contributed by atoms with Crippen LogP contribution in [0.1, 0.15) is 46.1 Å². The number of halogens is 3. The molecule has 1 heterocycles. The summed E-state index contributed by atoms with van der Waals surface area (Å²) in [6.07, 6.45) is -7.03. The second-order valence-electron chi connectivity index (χ2n) is 9.86. The molecule has 1 aliphatic rings. The standard InChI is InChI=1S/C25H37F3N4O5/c1-15(2)29-24(36)31(5)13-21-16(3)12-32(17(4)14-33)23(35)11-18-10-19(6-7-20(18)37-21)30-22(34)8-9-25(26,27)28/h6-7,10,15-17,21,33H,8-9,11-14H2,1-5H3,(H,29,36)(H,30,34)/t16-,17+,21-/m0/s1. The van der Waals surface area contributed by atoms with E-state index < -0.39 is 37.1 Å². The van der Waals surface area contributed by atoms with E-state index in [0.717, 1.165) is 0 Å². The summed E-state index contributed by atoms with van der Waals surface area (Å²) in [4.78, 5) is 40.8.